The van der Waals surface area contributed by atoms with Gasteiger partial charge in [0.15, 0.2) is 0 Å². The van der Waals surface area contributed by atoms with Gasteiger partial charge in [-0.25, -0.2) is 13.2 Å². The van der Waals surface area contributed by atoms with E-state index in [4.69, 9.17) is 4.74 Å². The van der Waals surface area contributed by atoms with Gasteiger partial charge >= 0.3 is 6.09 Å². The average Bonchev–Trinajstić information content (AvgIpc) is 2.52. The number of nitrogens with one attached hydrogen (secondary N) is 1. The topological polar surface area (TPSA) is 96.0 Å². The van der Waals surface area contributed by atoms with Crippen molar-refractivity contribution in [1.82, 2.24) is 14.5 Å². The molecule has 9 heteroatoms. The molecule has 1 fully saturated rings. The second kappa shape index (κ2) is 9.22. The molecule has 8 nitrogen and oxygen atoms in total. The van der Waals surface area contributed by atoms with Gasteiger partial charge in [-0.1, -0.05) is 6.92 Å². The molecule has 1 aliphatic heterocycles. The summed E-state index contributed by atoms with van der Waals surface area (Å²) in [6, 6.07) is -0.280. The third-order valence-electron chi connectivity index (χ3n) is 4.14. The molecular formula is C15H29N3O5S. The van der Waals surface area contributed by atoms with E-state index in [1.807, 2.05) is 13.8 Å². The van der Waals surface area contributed by atoms with Gasteiger partial charge in [-0.2, -0.15) is 4.31 Å². The molecule has 0 spiro atoms. The van der Waals surface area contributed by atoms with Crippen LogP contribution < -0.4 is 5.32 Å². The van der Waals surface area contributed by atoms with Crippen LogP contribution in [0.1, 0.15) is 40.0 Å². The monoisotopic (exact) mass is 363 g/mol. The molecule has 24 heavy (non-hydrogen) atoms. The molecule has 2 amide bonds. The Morgan fingerprint density at radius 2 is 1.88 bits per heavy atom. The Morgan fingerprint density at radius 3 is 2.33 bits per heavy atom. The molecule has 1 N–H and O–H groups in total. The van der Waals surface area contributed by atoms with Crippen LogP contribution in [0.25, 0.3) is 0 Å². The summed E-state index contributed by atoms with van der Waals surface area (Å²) in [6.45, 7) is 6.53. The molecule has 0 radical (unpaired) electrons. The van der Waals surface area contributed by atoms with Gasteiger partial charge in [0.25, 0.3) is 0 Å². The highest BCUT2D eigenvalue weighted by molar-refractivity contribution is 7.88. The number of piperidine rings is 1. The highest BCUT2D eigenvalue weighted by Crippen LogP contribution is 2.19. The molecule has 0 aromatic heterocycles. The SMILES string of the molecule is CCOC(=O)N1CCC(N(CC(=O)NC(C)CC)S(C)(=O)=O)CC1. The zero-order valence-corrected chi connectivity index (χ0v) is 15.8. The first-order valence-electron chi connectivity index (χ1n) is 8.36. The van der Waals surface area contributed by atoms with E-state index in [-0.39, 0.29) is 30.6 Å². The first-order valence-corrected chi connectivity index (χ1v) is 10.2. The lowest BCUT2D eigenvalue weighted by atomic mass is 10.1. The van der Waals surface area contributed by atoms with Crippen LogP contribution in [0.5, 0.6) is 0 Å². The fourth-order valence-electron chi connectivity index (χ4n) is 2.63. The van der Waals surface area contributed by atoms with E-state index in [2.05, 4.69) is 5.32 Å². The Kier molecular flexibility index (Phi) is 7.95. The van der Waals surface area contributed by atoms with Crippen LogP contribution in [0.15, 0.2) is 0 Å². The van der Waals surface area contributed by atoms with Crippen LogP contribution in [0.3, 0.4) is 0 Å². The van der Waals surface area contributed by atoms with Crippen LogP contribution in [0, 0.1) is 0 Å². The molecule has 1 aliphatic rings. The Bertz CT molecular complexity index is 529. The van der Waals surface area contributed by atoms with Gasteiger partial charge in [-0.3, -0.25) is 4.79 Å². The van der Waals surface area contributed by atoms with Crippen LogP contribution in [0.2, 0.25) is 0 Å². The zero-order chi connectivity index (χ0) is 18.3. The summed E-state index contributed by atoms with van der Waals surface area (Å²) in [5.41, 5.74) is 0. The summed E-state index contributed by atoms with van der Waals surface area (Å²) >= 11 is 0. The minimum Gasteiger partial charge on any atom is -0.450 e. The Labute approximate surface area is 144 Å². The highest BCUT2D eigenvalue weighted by atomic mass is 32.2. The summed E-state index contributed by atoms with van der Waals surface area (Å²) in [4.78, 5) is 25.3. The molecular weight excluding hydrogens is 334 g/mol. The van der Waals surface area contributed by atoms with Crippen molar-refractivity contribution in [2.75, 3.05) is 32.5 Å². The van der Waals surface area contributed by atoms with Crippen molar-refractivity contribution >= 4 is 22.0 Å². The number of hydrogen-bond donors (Lipinski definition) is 1. The van der Waals surface area contributed by atoms with Crippen molar-refractivity contribution < 1.29 is 22.7 Å². The first kappa shape index (κ1) is 20.7. The predicted octanol–water partition coefficient (Wildman–Crippen LogP) is 0.784. The Hall–Kier alpha value is -1.35. The molecule has 140 valence electrons. The molecule has 0 aromatic rings. The molecule has 1 saturated heterocycles. The Balaban J connectivity index is 2.68. The van der Waals surface area contributed by atoms with Gasteiger partial charge in [0.1, 0.15) is 0 Å². The number of likely N-dealkylation sites (tertiary alicyclic amines) is 1. The van der Waals surface area contributed by atoms with Gasteiger partial charge in [0, 0.05) is 25.2 Å². The molecule has 1 heterocycles. The van der Waals surface area contributed by atoms with E-state index in [0.29, 0.717) is 32.5 Å². The van der Waals surface area contributed by atoms with Crippen molar-refractivity contribution in [1.29, 1.82) is 0 Å². The quantitative estimate of drug-likeness (QED) is 0.721. The van der Waals surface area contributed by atoms with Crippen LogP contribution in [-0.4, -0.2) is 74.2 Å². The smallest absolute Gasteiger partial charge is 0.409 e. The lowest BCUT2D eigenvalue weighted by Gasteiger charge is -2.36. The maximum Gasteiger partial charge on any atom is 0.409 e. The van der Waals surface area contributed by atoms with Crippen LogP contribution in [0.4, 0.5) is 4.79 Å². The summed E-state index contributed by atoms with van der Waals surface area (Å²) in [5.74, 6) is -0.303. The van der Waals surface area contributed by atoms with Gasteiger partial charge in [0.2, 0.25) is 15.9 Å². The summed E-state index contributed by atoms with van der Waals surface area (Å²) < 4.78 is 30.4. The molecule has 0 bridgehead atoms. The lowest BCUT2D eigenvalue weighted by molar-refractivity contribution is -0.122. The van der Waals surface area contributed by atoms with E-state index < -0.39 is 10.0 Å². The fraction of sp³-hybridized carbons (Fsp3) is 0.867. The van der Waals surface area contributed by atoms with Crippen LogP contribution >= 0.6 is 0 Å². The number of sulfonamides is 1. The third kappa shape index (κ3) is 6.27. The largest absolute Gasteiger partial charge is 0.450 e. The maximum absolute atomic E-state index is 12.1. The summed E-state index contributed by atoms with van der Waals surface area (Å²) in [7, 11) is -3.51. The predicted molar refractivity (Wildman–Crippen MR) is 91.1 cm³/mol. The summed E-state index contributed by atoms with van der Waals surface area (Å²) in [6.07, 6.45) is 2.49. The molecule has 1 atom stereocenters. The summed E-state index contributed by atoms with van der Waals surface area (Å²) in [5, 5.41) is 2.79. The minimum absolute atomic E-state index is 0.00423. The number of amides is 2. The van der Waals surface area contributed by atoms with Crippen LogP contribution in [-0.2, 0) is 19.6 Å². The Morgan fingerprint density at radius 1 is 1.29 bits per heavy atom. The first-order chi connectivity index (χ1) is 11.2. The molecule has 1 unspecified atom stereocenters. The number of ether oxygens (including phenoxy) is 1. The fourth-order valence-corrected chi connectivity index (χ4v) is 3.74. The van der Waals surface area contributed by atoms with Crippen molar-refractivity contribution in [3.05, 3.63) is 0 Å². The molecule has 1 rings (SSSR count). The number of nitrogens with zero attached hydrogens (tertiary/aromatic N) is 2. The maximum atomic E-state index is 12.1. The average molecular weight is 363 g/mol. The second-order valence-corrected chi connectivity index (χ2v) is 8.04. The zero-order valence-electron chi connectivity index (χ0n) is 14.9. The minimum atomic E-state index is -3.51. The molecule has 0 saturated carbocycles. The number of hydrogen-bond acceptors (Lipinski definition) is 5. The highest BCUT2D eigenvalue weighted by Gasteiger charge is 2.33. The van der Waals surface area contributed by atoms with Crippen molar-refractivity contribution in [3.8, 4) is 0 Å². The number of carbonyl (C=O) groups is 2. The molecule has 0 aliphatic carbocycles. The molecule has 0 aromatic carbocycles. The van der Waals surface area contributed by atoms with E-state index in [1.54, 1.807) is 11.8 Å². The second-order valence-electron chi connectivity index (χ2n) is 6.10. The van der Waals surface area contributed by atoms with Gasteiger partial charge < -0.3 is 15.0 Å². The third-order valence-corrected chi connectivity index (χ3v) is 5.42. The number of carbonyl (C=O) groups excluding carboxylic acids is 2. The number of rotatable bonds is 7. The standard InChI is InChI=1S/C15H29N3O5S/c1-5-12(3)16-14(19)11-18(24(4,21)22)13-7-9-17(10-8-13)15(20)23-6-2/h12-13H,5-11H2,1-4H3,(H,16,19). The normalized spacial score (nSPS) is 17.6. The van der Waals surface area contributed by atoms with Gasteiger partial charge in [0.05, 0.1) is 19.4 Å². The van der Waals surface area contributed by atoms with Gasteiger partial charge in [-0.05, 0) is 33.1 Å². The lowest BCUT2D eigenvalue weighted by Crippen LogP contribution is -2.52. The van der Waals surface area contributed by atoms with Gasteiger partial charge in [-0.15, -0.1) is 0 Å². The van der Waals surface area contributed by atoms with E-state index in [0.717, 1.165) is 12.7 Å². The van der Waals surface area contributed by atoms with E-state index in [1.165, 1.54) is 4.31 Å². The van der Waals surface area contributed by atoms with Crippen molar-refractivity contribution in [2.45, 2.75) is 52.1 Å². The van der Waals surface area contributed by atoms with Crippen molar-refractivity contribution in [2.24, 2.45) is 0 Å². The van der Waals surface area contributed by atoms with E-state index >= 15 is 0 Å². The van der Waals surface area contributed by atoms with E-state index in [9.17, 15) is 18.0 Å². The van der Waals surface area contributed by atoms with Crippen molar-refractivity contribution in [3.63, 3.8) is 0 Å².